The topological polar surface area (TPSA) is 89.5 Å². The Labute approximate surface area is 269 Å². The summed E-state index contributed by atoms with van der Waals surface area (Å²) in [6.07, 6.45) is 0.993. The summed E-state index contributed by atoms with van der Waals surface area (Å²) in [7, 11) is 0. The maximum atomic E-state index is 13.6. The van der Waals surface area contributed by atoms with Gasteiger partial charge in [0.2, 0.25) is 6.29 Å². The van der Waals surface area contributed by atoms with Gasteiger partial charge in [-0.05, 0) is 28.8 Å². The first-order valence-electron chi connectivity index (χ1n) is 15.0. The molecule has 1 saturated heterocycles. The van der Waals surface area contributed by atoms with Crippen molar-refractivity contribution in [2.75, 3.05) is 6.61 Å². The van der Waals surface area contributed by atoms with Crippen molar-refractivity contribution in [2.24, 2.45) is 0 Å². The molecule has 1 aliphatic heterocycles. The molecule has 1 fully saturated rings. The van der Waals surface area contributed by atoms with E-state index in [-0.39, 0.29) is 32.0 Å². The Morgan fingerprint density at radius 1 is 0.674 bits per heavy atom. The number of terminal acetylenes is 1. The minimum absolute atomic E-state index is 0.166. The van der Waals surface area contributed by atoms with Crippen LogP contribution in [0.5, 0.6) is 0 Å². The van der Waals surface area contributed by atoms with Gasteiger partial charge in [0, 0.05) is 12.5 Å². The third kappa shape index (κ3) is 8.90. The lowest BCUT2D eigenvalue weighted by atomic mass is 9.97. The average Bonchev–Trinajstić information content (AvgIpc) is 3.10. The highest BCUT2D eigenvalue weighted by molar-refractivity contribution is 5.92. The Bertz CT molecular complexity index is 1590. The first kappa shape index (κ1) is 32.6. The van der Waals surface area contributed by atoms with E-state index in [2.05, 4.69) is 5.92 Å². The number of benzene rings is 4. The third-order valence-corrected chi connectivity index (χ3v) is 7.42. The van der Waals surface area contributed by atoms with E-state index in [1.807, 2.05) is 91.0 Å². The molecule has 8 heteroatoms. The summed E-state index contributed by atoms with van der Waals surface area (Å²) in [4.78, 5) is 25.5. The fourth-order valence-corrected chi connectivity index (χ4v) is 5.13. The molecule has 8 nitrogen and oxygen atoms in total. The highest BCUT2D eigenvalue weighted by atomic mass is 16.7. The zero-order chi connectivity index (χ0) is 32.1. The maximum absolute atomic E-state index is 13.6. The van der Waals surface area contributed by atoms with Gasteiger partial charge in [-0.15, -0.1) is 6.42 Å². The summed E-state index contributed by atoms with van der Waals surface area (Å²) < 4.78 is 37.3. The van der Waals surface area contributed by atoms with Gasteiger partial charge < -0.3 is 28.4 Å². The van der Waals surface area contributed by atoms with Crippen LogP contribution in [0, 0.1) is 12.3 Å². The van der Waals surface area contributed by atoms with Gasteiger partial charge in [-0.1, -0.05) is 109 Å². The van der Waals surface area contributed by atoms with Crippen LogP contribution in [-0.4, -0.2) is 49.3 Å². The summed E-state index contributed by atoms with van der Waals surface area (Å²) in [6.45, 7) is 1.76. The van der Waals surface area contributed by atoms with Gasteiger partial charge in [0.05, 0.1) is 25.4 Å². The number of hydrogen-bond donors (Lipinski definition) is 0. The second-order valence-electron chi connectivity index (χ2n) is 10.7. The summed E-state index contributed by atoms with van der Waals surface area (Å²) in [6, 6.07) is 35.6. The van der Waals surface area contributed by atoms with Crippen LogP contribution in [0.2, 0.25) is 0 Å². The van der Waals surface area contributed by atoms with Crippen molar-refractivity contribution in [1.82, 2.24) is 0 Å². The van der Waals surface area contributed by atoms with E-state index in [1.165, 1.54) is 6.92 Å². The summed E-state index contributed by atoms with van der Waals surface area (Å²) in [5.41, 5.74) is 3.33. The molecule has 4 aromatic rings. The molecule has 0 saturated carbocycles. The molecule has 46 heavy (non-hydrogen) atoms. The SMILES string of the molecule is C#Cc1ccccc1C(=O)O[C@H]1O[C@H](COC(C)=O)[C@@H](OCc2ccccc2)[C@H](OCc2ccccc2)[C@@H]1OCc1ccccc1. The van der Waals surface area contributed by atoms with Crippen molar-refractivity contribution >= 4 is 11.9 Å². The van der Waals surface area contributed by atoms with Crippen LogP contribution in [-0.2, 0) is 53.0 Å². The van der Waals surface area contributed by atoms with Crippen molar-refractivity contribution in [3.63, 3.8) is 0 Å². The van der Waals surface area contributed by atoms with Crippen LogP contribution in [0.15, 0.2) is 115 Å². The fraction of sp³-hybridized carbons (Fsp3) is 0.263. The number of rotatable bonds is 13. The zero-order valence-electron chi connectivity index (χ0n) is 25.5. The van der Waals surface area contributed by atoms with Crippen LogP contribution in [0.1, 0.15) is 39.5 Å². The average molecular weight is 621 g/mol. The van der Waals surface area contributed by atoms with Gasteiger partial charge in [-0.25, -0.2) is 4.79 Å². The van der Waals surface area contributed by atoms with Crippen molar-refractivity contribution in [3.05, 3.63) is 143 Å². The molecule has 1 aliphatic rings. The largest absolute Gasteiger partial charge is 0.463 e. The molecular formula is C38H36O8. The standard InChI is InChI=1S/C38H36O8/c1-3-31-21-13-14-22-32(31)37(40)46-38-36(44-25-30-19-11-6-12-20-30)35(43-24-29-17-9-5-10-18-29)34(33(45-38)26-41-27(2)39)42-23-28-15-7-4-8-16-28/h1,4-22,33-36,38H,23-26H2,2H3/t33-,34-,35+,36+,38-/m1/s1. The van der Waals surface area contributed by atoms with Crippen LogP contribution in [0.3, 0.4) is 0 Å². The van der Waals surface area contributed by atoms with Crippen molar-refractivity contribution in [3.8, 4) is 12.3 Å². The second kappa shape index (κ2) is 16.5. The normalized spacial score (nSPS) is 20.7. The molecular weight excluding hydrogens is 584 g/mol. The van der Waals surface area contributed by atoms with Crippen molar-refractivity contribution in [2.45, 2.75) is 57.5 Å². The number of esters is 2. The van der Waals surface area contributed by atoms with Crippen LogP contribution >= 0.6 is 0 Å². The van der Waals surface area contributed by atoms with Crippen LogP contribution in [0.4, 0.5) is 0 Å². The van der Waals surface area contributed by atoms with Crippen LogP contribution in [0.25, 0.3) is 0 Å². The lowest BCUT2D eigenvalue weighted by Crippen LogP contribution is -2.62. The second-order valence-corrected chi connectivity index (χ2v) is 10.7. The molecule has 0 aromatic heterocycles. The molecule has 0 radical (unpaired) electrons. The molecule has 0 amide bonds. The smallest absolute Gasteiger partial charge is 0.341 e. The van der Waals surface area contributed by atoms with E-state index in [0.29, 0.717) is 5.56 Å². The minimum atomic E-state index is -1.26. The first-order valence-corrected chi connectivity index (χ1v) is 15.0. The van der Waals surface area contributed by atoms with Crippen LogP contribution < -0.4 is 0 Å². The van der Waals surface area contributed by atoms with Gasteiger partial charge in [0.25, 0.3) is 0 Å². The Hall–Kier alpha value is -4.78. The molecule has 0 aliphatic carbocycles. The fourth-order valence-electron chi connectivity index (χ4n) is 5.13. The van der Waals surface area contributed by atoms with Gasteiger partial charge in [0.1, 0.15) is 31.0 Å². The molecule has 236 valence electrons. The lowest BCUT2D eigenvalue weighted by Gasteiger charge is -2.45. The predicted octanol–water partition coefficient (Wildman–Crippen LogP) is 5.87. The van der Waals surface area contributed by atoms with E-state index < -0.39 is 42.6 Å². The van der Waals surface area contributed by atoms with E-state index in [1.54, 1.807) is 24.3 Å². The molecule has 5 rings (SSSR count). The van der Waals surface area contributed by atoms with E-state index in [0.717, 1.165) is 16.7 Å². The lowest BCUT2D eigenvalue weighted by molar-refractivity contribution is -0.314. The quantitative estimate of drug-likeness (QED) is 0.136. The Balaban J connectivity index is 1.50. The molecule has 0 N–H and O–H groups in total. The van der Waals surface area contributed by atoms with Crippen molar-refractivity contribution < 1.29 is 38.0 Å². The third-order valence-electron chi connectivity index (χ3n) is 7.42. The highest BCUT2D eigenvalue weighted by Gasteiger charge is 2.50. The number of hydrogen-bond acceptors (Lipinski definition) is 8. The van der Waals surface area contributed by atoms with E-state index in [9.17, 15) is 9.59 Å². The molecule has 1 heterocycles. The van der Waals surface area contributed by atoms with Gasteiger partial charge >= 0.3 is 11.9 Å². The molecule has 5 atom stereocenters. The summed E-state index contributed by atoms with van der Waals surface area (Å²) in [5, 5.41) is 0. The maximum Gasteiger partial charge on any atom is 0.341 e. The first-order chi connectivity index (χ1) is 22.5. The highest BCUT2D eigenvalue weighted by Crippen LogP contribution is 2.32. The Kier molecular flexibility index (Phi) is 11.7. The number of ether oxygens (including phenoxy) is 6. The summed E-state index contributed by atoms with van der Waals surface area (Å²) in [5.74, 6) is 1.34. The van der Waals surface area contributed by atoms with E-state index in [4.69, 9.17) is 34.8 Å². The summed E-state index contributed by atoms with van der Waals surface area (Å²) >= 11 is 0. The van der Waals surface area contributed by atoms with Gasteiger partial charge in [-0.2, -0.15) is 0 Å². The molecule has 0 bridgehead atoms. The van der Waals surface area contributed by atoms with Gasteiger partial charge in [-0.3, -0.25) is 4.79 Å². The van der Waals surface area contributed by atoms with Crippen molar-refractivity contribution in [1.29, 1.82) is 0 Å². The predicted molar refractivity (Wildman–Crippen MR) is 170 cm³/mol. The number of carbonyl (C=O) groups excluding carboxylic acids is 2. The monoisotopic (exact) mass is 620 g/mol. The zero-order valence-corrected chi connectivity index (χ0v) is 25.5. The Morgan fingerprint density at radius 3 is 1.67 bits per heavy atom. The Morgan fingerprint density at radius 2 is 1.15 bits per heavy atom. The minimum Gasteiger partial charge on any atom is -0.463 e. The molecule has 0 spiro atoms. The molecule has 4 aromatic carbocycles. The molecule has 0 unspecified atom stereocenters. The number of carbonyl (C=O) groups is 2. The van der Waals surface area contributed by atoms with E-state index >= 15 is 0 Å². The van der Waals surface area contributed by atoms with Gasteiger partial charge in [0.15, 0.2) is 0 Å².